The molecule has 1 aromatic heterocycles. The number of fused-ring (bicyclic) bond motifs is 10. The van der Waals surface area contributed by atoms with Gasteiger partial charge in [0.2, 0.25) is 0 Å². The van der Waals surface area contributed by atoms with Crippen molar-refractivity contribution in [3.8, 4) is 55.6 Å². The van der Waals surface area contributed by atoms with Crippen molar-refractivity contribution in [2.75, 3.05) is 0 Å². The van der Waals surface area contributed by atoms with Crippen LogP contribution in [0.2, 0.25) is 0 Å². The molecule has 0 N–H and O–H groups in total. The van der Waals surface area contributed by atoms with Gasteiger partial charge < -0.3 is 4.42 Å². The Morgan fingerprint density at radius 3 is 1.62 bits per heavy atom. The van der Waals surface area contributed by atoms with E-state index in [2.05, 4.69) is 182 Å². The van der Waals surface area contributed by atoms with Gasteiger partial charge in [-0.2, -0.15) is 0 Å². The molecule has 0 aliphatic heterocycles. The highest BCUT2D eigenvalue weighted by atomic mass is 16.3. The van der Waals surface area contributed by atoms with Crippen LogP contribution in [0.1, 0.15) is 0 Å². The quantitative estimate of drug-likeness (QED) is 0.182. The summed E-state index contributed by atoms with van der Waals surface area (Å²) < 4.78 is 6.87. The summed E-state index contributed by atoms with van der Waals surface area (Å²) in [5.41, 5.74) is 14.4. The minimum Gasteiger partial charge on any atom is -0.456 e. The van der Waals surface area contributed by atoms with Gasteiger partial charge in [-0.3, -0.25) is 0 Å². The third kappa shape index (κ3) is 4.02. The van der Waals surface area contributed by atoms with Crippen molar-refractivity contribution in [3.63, 3.8) is 0 Å². The molecule has 1 heterocycles. The smallest absolute Gasteiger partial charge is 0.136 e. The predicted molar refractivity (Wildman–Crippen MR) is 224 cm³/mol. The summed E-state index contributed by atoms with van der Waals surface area (Å²) in [5.74, 6) is 0. The zero-order valence-corrected chi connectivity index (χ0v) is 28.7. The maximum Gasteiger partial charge on any atom is 0.136 e. The Hall–Kier alpha value is -6.96. The maximum absolute atomic E-state index is 6.87. The molecular weight excluding hydrogens is 641 g/mol. The van der Waals surface area contributed by atoms with Gasteiger partial charge in [0.15, 0.2) is 0 Å². The topological polar surface area (TPSA) is 13.1 Å². The van der Waals surface area contributed by atoms with Crippen molar-refractivity contribution in [2.24, 2.45) is 0 Å². The van der Waals surface area contributed by atoms with Crippen LogP contribution in [0.15, 0.2) is 186 Å². The number of benzene rings is 10. The van der Waals surface area contributed by atoms with Gasteiger partial charge in [-0.05, 0) is 123 Å². The lowest BCUT2D eigenvalue weighted by Crippen LogP contribution is -1.93. The van der Waals surface area contributed by atoms with Crippen molar-refractivity contribution in [2.45, 2.75) is 0 Å². The van der Waals surface area contributed by atoms with Gasteiger partial charge in [0, 0.05) is 10.8 Å². The Labute approximate surface area is 306 Å². The Bertz CT molecular complexity index is 3310. The zero-order chi connectivity index (χ0) is 34.6. The van der Waals surface area contributed by atoms with Crippen LogP contribution in [-0.4, -0.2) is 0 Å². The van der Waals surface area contributed by atoms with Crippen LogP contribution in [0, 0.1) is 0 Å². The lowest BCUT2D eigenvalue weighted by atomic mass is 9.82. The molecule has 244 valence electrons. The van der Waals surface area contributed by atoms with Crippen LogP contribution < -0.4 is 0 Å². The summed E-state index contributed by atoms with van der Waals surface area (Å²) >= 11 is 0. The van der Waals surface area contributed by atoms with Crippen molar-refractivity contribution < 1.29 is 4.42 Å². The summed E-state index contributed by atoms with van der Waals surface area (Å²) in [4.78, 5) is 0. The second kappa shape index (κ2) is 10.8. The van der Waals surface area contributed by atoms with E-state index in [0.29, 0.717) is 0 Å². The van der Waals surface area contributed by atoms with Crippen molar-refractivity contribution in [1.82, 2.24) is 0 Å². The highest BCUT2D eigenvalue weighted by Crippen LogP contribution is 2.59. The minimum absolute atomic E-state index is 0.918. The molecule has 1 heteroatoms. The van der Waals surface area contributed by atoms with E-state index in [-0.39, 0.29) is 0 Å². The van der Waals surface area contributed by atoms with E-state index in [0.717, 1.165) is 16.6 Å². The van der Waals surface area contributed by atoms with Crippen LogP contribution in [0.5, 0.6) is 0 Å². The minimum atomic E-state index is 0.918. The molecule has 0 bridgehead atoms. The largest absolute Gasteiger partial charge is 0.456 e. The van der Waals surface area contributed by atoms with E-state index in [1.807, 2.05) is 0 Å². The average molecular weight is 671 g/mol. The first-order valence-corrected chi connectivity index (χ1v) is 18.3. The van der Waals surface area contributed by atoms with Gasteiger partial charge >= 0.3 is 0 Å². The van der Waals surface area contributed by atoms with E-state index in [9.17, 15) is 0 Å². The SMILES string of the molecule is c1ccc(-c2c3c(c(-c4ccccc4)c4ccccc24)-c2cc4oc5cc6ccc(-c7cccc8ccccc78)cc6cc5c4c4cccc-3c24)cc1. The Balaban J connectivity index is 1.18. The monoisotopic (exact) mass is 670 g/mol. The molecule has 0 atom stereocenters. The molecule has 10 aromatic carbocycles. The van der Waals surface area contributed by atoms with E-state index in [1.54, 1.807) is 0 Å². The first-order valence-electron chi connectivity index (χ1n) is 18.3. The molecule has 0 saturated heterocycles. The molecule has 0 saturated carbocycles. The molecule has 0 radical (unpaired) electrons. The summed E-state index contributed by atoms with van der Waals surface area (Å²) in [6, 6.07) is 66.6. The van der Waals surface area contributed by atoms with Gasteiger partial charge in [-0.1, -0.05) is 158 Å². The van der Waals surface area contributed by atoms with Crippen LogP contribution in [0.25, 0.3) is 121 Å². The molecule has 1 aliphatic rings. The van der Waals surface area contributed by atoms with Crippen LogP contribution in [0.3, 0.4) is 0 Å². The van der Waals surface area contributed by atoms with Crippen LogP contribution >= 0.6 is 0 Å². The standard InChI is InChI=1S/C52H30O/c1-3-14-32(15-4-1)47-39-20-9-10-21-40(39)48(33-16-5-2-6-17-33)52-44-30-46-50(41-23-12-24-42(49(41)44)51(47)52)43-28-36-27-35(26-25-34(36)29-45(43)53-46)38-22-11-18-31-13-7-8-19-37(31)38/h1-30H. The summed E-state index contributed by atoms with van der Waals surface area (Å²) in [6.07, 6.45) is 0. The summed E-state index contributed by atoms with van der Waals surface area (Å²) in [7, 11) is 0. The number of rotatable bonds is 3. The Kier molecular flexibility index (Phi) is 5.84. The lowest BCUT2D eigenvalue weighted by Gasteiger charge is -2.20. The van der Waals surface area contributed by atoms with Gasteiger partial charge in [0.25, 0.3) is 0 Å². The highest BCUT2D eigenvalue weighted by Gasteiger charge is 2.32. The van der Waals surface area contributed by atoms with Gasteiger partial charge in [0.1, 0.15) is 11.2 Å². The predicted octanol–water partition coefficient (Wildman–Crippen LogP) is 14.8. The normalized spacial score (nSPS) is 12.2. The number of furan rings is 1. The van der Waals surface area contributed by atoms with Gasteiger partial charge in [-0.25, -0.2) is 0 Å². The van der Waals surface area contributed by atoms with E-state index in [1.165, 1.54) is 104 Å². The van der Waals surface area contributed by atoms with Crippen molar-refractivity contribution >= 4 is 65.0 Å². The molecule has 0 fully saturated rings. The fourth-order valence-corrected chi connectivity index (χ4v) is 9.33. The average Bonchev–Trinajstić information content (AvgIpc) is 3.75. The van der Waals surface area contributed by atoms with Crippen LogP contribution in [-0.2, 0) is 0 Å². The maximum atomic E-state index is 6.87. The molecule has 11 aromatic rings. The Morgan fingerprint density at radius 1 is 0.264 bits per heavy atom. The Morgan fingerprint density at radius 2 is 0.868 bits per heavy atom. The van der Waals surface area contributed by atoms with Gasteiger partial charge in [0.05, 0.1) is 0 Å². The molecular formula is C52H30O. The first-order chi connectivity index (χ1) is 26.3. The summed E-state index contributed by atoms with van der Waals surface area (Å²) in [5, 5.41) is 12.3. The summed E-state index contributed by atoms with van der Waals surface area (Å²) in [6.45, 7) is 0. The van der Waals surface area contributed by atoms with E-state index >= 15 is 0 Å². The highest BCUT2D eigenvalue weighted by molar-refractivity contribution is 6.33. The van der Waals surface area contributed by atoms with Gasteiger partial charge in [-0.15, -0.1) is 0 Å². The molecule has 0 spiro atoms. The third-order valence-corrected chi connectivity index (χ3v) is 11.5. The third-order valence-electron chi connectivity index (χ3n) is 11.5. The fourth-order valence-electron chi connectivity index (χ4n) is 9.33. The van der Waals surface area contributed by atoms with Crippen LogP contribution in [0.4, 0.5) is 0 Å². The fraction of sp³-hybridized carbons (Fsp3) is 0. The number of hydrogen-bond donors (Lipinski definition) is 0. The number of hydrogen-bond acceptors (Lipinski definition) is 1. The first kappa shape index (κ1) is 28.7. The van der Waals surface area contributed by atoms with E-state index in [4.69, 9.17) is 4.42 Å². The molecule has 12 rings (SSSR count). The second-order valence-corrected chi connectivity index (χ2v) is 14.3. The van der Waals surface area contributed by atoms with Crippen molar-refractivity contribution in [1.29, 1.82) is 0 Å². The molecule has 1 aliphatic carbocycles. The van der Waals surface area contributed by atoms with E-state index < -0.39 is 0 Å². The van der Waals surface area contributed by atoms with Crippen molar-refractivity contribution in [3.05, 3.63) is 182 Å². The molecule has 1 nitrogen and oxygen atoms in total. The zero-order valence-electron chi connectivity index (χ0n) is 28.7. The second-order valence-electron chi connectivity index (χ2n) is 14.3. The lowest BCUT2D eigenvalue weighted by molar-refractivity contribution is 0.670. The molecule has 53 heavy (non-hydrogen) atoms. The molecule has 0 unspecified atom stereocenters. The molecule has 0 amide bonds.